The minimum Gasteiger partial charge on any atom is -0.399 e. The maximum Gasteiger partial charge on any atom is 0.0447 e. The van der Waals surface area contributed by atoms with Gasteiger partial charge >= 0.3 is 0 Å². The minimum absolute atomic E-state index is 0.783. The van der Waals surface area contributed by atoms with E-state index >= 15 is 0 Å². The fourth-order valence-corrected chi connectivity index (χ4v) is 1.84. The second kappa shape index (κ2) is 4.63. The lowest BCUT2D eigenvalue weighted by Crippen LogP contribution is -1.88. The first kappa shape index (κ1) is 9.75. The van der Waals surface area contributed by atoms with Gasteiger partial charge in [-0.3, -0.25) is 0 Å². The molecular formula is C9H12ClNS. The number of rotatable bonds is 3. The smallest absolute Gasteiger partial charge is 0.0447 e. The Balaban J connectivity index is 2.75. The molecule has 1 rings (SSSR count). The van der Waals surface area contributed by atoms with Crippen molar-refractivity contribution in [2.75, 3.05) is 11.5 Å². The molecule has 0 saturated carbocycles. The molecule has 2 N–H and O–H groups in total. The number of nitrogen functional groups attached to an aromatic ring is 1. The predicted molar refractivity (Wildman–Crippen MR) is 57.7 cm³/mol. The van der Waals surface area contributed by atoms with E-state index in [9.17, 15) is 0 Å². The summed E-state index contributed by atoms with van der Waals surface area (Å²) in [6, 6.07) is 5.61. The lowest BCUT2D eigenvalue weighted by molar-refractivity contribution is 1.39. The molecule has 0 radical (unpaired) electrons. The number of anilines is 1. The fraction of sp³-hybridized carbons (Fsp3) is 0.333. The van der Waals surface area contributed by atoms with Crippen molar-refractivity contribution < 1.29 is 0 Å². The van der Waals surface area contributed by atoms with E-state index in [1.807, 2.05) is 30.0 Å². The maximum atomic E-state index is 5.96. The van der Waals surface area contributed by atoms with Gasteiger partial charge in [-0.15, -0.1) is 0 Å². The summed E-state index contributed by atoms with van der Waals surface area (Å²) in [6.45, 7) is 2.13. The topological polar surface area (TPSA) is 26.0 Å². The molecule has 1 aromatic rings. The Hall–Kier alpha value is -0.340. The van der Waals surface area contributed by atoms with Gasteiger partial charge in [0.2, 0.25) is 0 Å². The summed E-state index contributed by atoms with van der Waals surface area (Å²) in [6.07, 6.45) is 0. The van der Waals surface area contributed by atoms with Gasteiger partial charge in [-0.05, 0) is 29.5 Å². The van der Waals surface area contributed by atoms with Crippen LogP contribution in [0, 0.1) is 0 Å². The normalized spacial score (nSPS) is 10.2. The molecule has 66 valence electrons. The van der Waals surface area contributed by atoms with Crippen LogP contribution < -0.4 is 5.73 Å². The highest BCUT2D eigenvalue weighted by atomic mass is 35.5. The van der Waals surface area contributed by atoms with Crippen molar-refractivity contribution in [2.24, 2.45) is 0 Å². The van der Waals surface area contributed by atoms with Crippen molar-refractivity contribution >= 4 is 29.1 Å². The number of benzene rings is 1. The molecule has 0 heterocycles. The zero-order chi connectivity index (χ0) is 8.97. The van der Waals surface area contributed by atoms with Crippen LogP contribution in [0.25, 0.3) is 0 Å². The summed E-state index contributed by atoms with van der Waals surface area (Å²) in [5.41, 5.74) is 7.54. The van der Waals surface area contributed by atoms with E-state index in [1.54, 1.807) is 0 Å². The Morgan fingerprint density at radius 3 is 2.92 bits per heavy atom. The lowest BCUT2D eigenvalue weighted by Gasteiger charge is -2.03. The Morgan fingerprint density at radius 2 is 2.25 bits per heavy atom. The zero-order valence-electron chi connectivity index (χ0n) is 7.01. The number of hydrogen-bond acceptors (Lipinski definition) is 2. The number of halogens is 1. The molecule has 0 amide bonds. The van der Waals surface area contributed by atoms with E-state index in [0.717, 1.165) is 27.8 Å². The van der Waals surface area contributed by atoms with Crippen LogP contribution in [0.15, 0.2) is 18.2 Å². The Labute approximate surface area is 82.3 Å². The maximum absolute atomic E-state index is 5.96. The summed E-state index contributed by atoms with van der Waals surface area (Å²) >= 11 is 7.81. The van der Waals surface area contributed by atoms with Crippen molar-refractivity contribution in [1.29, 1.82) is 0 Å². The molecule has 0 saturated heterocycles. The van der Waals surface area contributed by atoms with Gasteiger partial charge in [-0.2, -0.15) is 11.8 Å². The average Bonchev–Trinajstić information content (AvgIpc) is 2.07. The third-order valence-electron chi connectivity index (χ3n) is 1.53. The monoisotopic (exact) mass is 201 g/mol. The molecule has 1 aromatic carbocycles. The first-order valence-electron chi connectivity index (χ1n) is 3.85. The predicted octanol–water partition coefficient (Wildman–Crippen LogP) is 3.18. The summed E-state index contributed by atoms with van der Waals surface area (Å²) in [4.78, 5) is 0. The molecule has 0 fully saturated rings. The molecule has 1 nitrogen and oxygen atoms in total. The summed E-state index contributed by atoms with van der Waals surface area (Å²) < 4.78 is 0. The quantitative estimate of drug-likeness (QED) is 0.761. The second-order valence-corrected chi connectivity index (χ2v) is 4.17. The van der Waals surface area contributed by atoms with Crippen LogP contribution in [0.3, 0.4) is 0 Å². The van der Waals surface area contributed by atoms with Crippen LogP contribution in [0.1, 0.15) is 12.5 Å². The fourth-order valence-electron chi connectivity index (χ4n) is 0.917. The summed E-state index contributed by atoms with van der Waals surface area (Å²) in [5, 5.41) is 0.810. The van der Waals surface area contributed by atoms with E-state index in [2.05, 4.69) is 6.92 Å². The second-order valence-electron chi connectivity index (χ2n) is 2.49. The van der Waals surface area contributed by atoms with Crippen LogP contribution in [0.2, 0.25) is 5.02 Å². The van der Waals surface area contributed by atoms with Gasteiger partial charge in [0, 0.05) is 16.5 Å². The lowest BCUT2D eigenvalue weighted by atomic mass is 10.2. The highest BCUT2D eigenvalue weighted by Gasteiger charge is 1.99. The standard InChI is InChI=1S/C9H12ClNS/c1-2-12-6-7-5-8(11)3-4-9(7)10/h3-5H,2,6,11H2,1H3. The summed E-state index contributed by atoms with van der Waals surface area (Å²) in [7, 11) is 0. The van der Waals surface area contributed by atoms with Crippen molar-refractivity contribution in [2.45, 2.75) is 12.7 Å². The molecule has 0 spiro atoms. The van der Waals surface area contributed by atoms with Crippen molar-refractivity contribution in [3.63, 3.8) is 0 Å². The molecule has 0 bridgehead atoms. The van der Waals surface area contributed by atoms with Crippen LogP contribution in [0.5, 0.6) is 0 Å². The number of thioether (sulfide) groups is 1. The van der Waals surface area contributed by atoms with Gasteiger partial charge in [0.05, 0.1) is 0 Å². The first-order chi connectivity index (χ1) is 5.74. The van der Waals surface area contributed by atoms with E-state index < -0.39 is 0 Å². The van der Waals surface area contributed by atoms with E-state index in [0.29, 0.717) is 0 Å². The third kappa shape index (κ3) is 2.61. The highest BCUT2D eigenvalue weighted by Crippen LogP contribution is 2.23. The van der Waals surface area contributed by atoms with Gasteiger partial charge in [0.15, 0.2) is 0 Å². The van der Waals surface area contributed by atoms with Crippen LogP contribution >= 0.6 is 23.4 Å². The Morgan fingerprint density at radius 1 is 1.50 bits per heavy atom. The third-order valence-corrected chi connectivity index (χ3v) is 2.82. The molecule has 0 aliphatic carbocycles. The molecular weight excluding hydrogens is 190 g/mol. The van der Waals surface area contributed by atoms with Crippen LogP contribution in [-0.4, -0.2) is 5.75 Å². The highest BCUT2D eigenvalue weighted by molar-refractivity contribution is 7.98. The molecule has 3 heteroatoms. The van der Waals surface area contributed by atoms with Crippen LogP contribution in [0.4, 0.5) is 5.69 Å². The average molecular weight is 202 g/mol. The van der Waals surface area contributed by atoms with Gasteiger partial charge in [-0.1, -0.05) is 18.5 Å². The van der Waals surface area contributed by atoms with Gasteiger partial charge < -0.3 is 5.73 Å². The van der Waals surface area contributed by atoms with Gasteiger partial charge in [0.1, 0.15) is 0 Å². The van der Waals surface area contributed by atoms with Crippen LogP contribution in [-0.2, 0) is 5.75 Å². The molecule has 0 aliphatic heterocycles. The van der Waals surface area contributed by atoms with Gasteiger partial charge in [-0.25, -0.2) is 0 Å². The van der Waals surface area contributed by atoms with Crippen molar-refractivity contribution in [3.05, 3.63) is 28.8 Å². The molecule has 0 aromatic heterocycles. The molecule has 0 atom stereocenters. The zero-order valence-corrected chi connectivity index (χ0v) is 8.58. The minimum atomic E-state index is 0.783. The Kier molecular flexibility index (Phi) is 3.76. The Bertz CT molecular complexity index is 263. The van der Waals surface area contributed by atoms with E-state index in [1.165, 1.54) is 0 Å². The van der Waals surface area contributed by atoms with E-state index in [-0.39, 0.29) is 0 Å². The number of hydrogen-bond donors (Lipinski definition) is 1. The SMILES string of the molecule is CCSCc1cc(N)ccc1Cl. The first-order valence-corrected chi connectivity index (χ1v) is 5.39. The van der Waals surface area contributed by atoms with Gasteiger partial charge in [0.25, 0.3) is 0 Å². The van der Waals surface area contributed by atoms with E-state index in [4.69, 9.17) is 17.3 Å². The molecule has 12 heavy (non-hydrogen) atoms. The van der Waals surface area contributed by atoms with Crippen molar-refractivity contribution in [3.8, 4) is 0 Å². The molecule has 0 aliphatic rings. The number of nitrogens with two attached hydrogens (primary N) is 1. The van der Waals surface area contributed by atoms with Crippen molar-refractivity contribution in [1.82, 2.24) is 0 Å². The summed E-state index contributed by atoms with van der Waals surface area (Å²) in [5.74, 6) is 2.05. The largest absolute Gasteiger partial charge is 0.399 e. The molecule has 0 unspecified atom stereocenters.